The van der Waals surface area contributed by atoms with Crippen LogP contribution in [-0.4, -0.2) is 16.7 Å². The van der Waals surface area contributed by atoms with E-state index >= 15 is 0 Å². The van der Waals surface area contributed by atoms with Gasteiger partial charge in [0.1, 0.15) is 16.9 Å². The summed E-state index contributed by atoms with van der Waals surface area (Å²) < 4.78 is 26.2. The molecule has 0 unspecified atom stereocenters. The average Bonchev–Trinajstić information content (AvgIpc) is 2.01. The number of aliphatic hydroxyl groups excluding tert-OH is 1. The Morgan fingerprint density at radius 1 is 1.50 bits per heavy atom. The molecule has 1 aromatic rings. The Morgan fingerprint density at radius 3 is 2.50 bits per heavy atom. The smallest absolute Gasteiger partial charge is 0.299 e. The van der Waals surface area contributed by atoms with Crippen LogP contribution >= 0.6 is 23.2 Å². The molecule has 0 spiro atoms. The zero-order valence-electron chi connectivity index (χ0n) is 7.19. The van der Waals surface area contributed by atoms with Gasteiger partial charge in [0.15, 0.2) is 0 Å². The van der Waals surface area contributed by atoms with E-state index in [1.165, 1.54) is 13.0 Å². The third-order valence-electron chi connectivity index (χ3n) is 1.71. The Kier molecular flexibility index (Phi) is 3.29. The SMILES string of the molecule is Cc1cc(Cl)nc(Cl)c1C(F)(F)CO. The van der Waals surface area contributed by atoms with Crippen LogP contribution in [0.4, 0.5) is 8.78 Å². The molecule has 1 rings (SSSR count). The van der Waals surface area contributed by atoms with Crippen LogP contribution in [0.25, 0.3) is 0 Å². The molecule has 1 aromatic heterocycles. The van der Waals surface area contributed by atoms with Crippen molar-refractivity contribution in [1.29, 1.82) is 0 Å². The van der Waals surface area contributed by atoms with Crippen molar-refractivity contribution >= 4 is 23.2 Å². The number of alkyl halides is 2. The van der Waals surface area contributed by atoms with E-state index < -0.39 is 18.1 Å². The zero-order chi connectivity index (χ0) is 10.9. The lowest BCUT2D eigenvalue weighted by Crippen LogP contribution is -2.21. The Balaban J connectivity index is 3.35. The minimum absolute atomic E-state index is 0.0463. The Labute approximate surface area is 89.5 Å². The van der Waals surface area contributed by atoms with Crippen molar-refractivity contribution in [2.24, 2.45) is 0 Å². The van der Waals surface area contributed by atoms with Crippen LogP contribution < -0.4 is 0 Å². The zero-order valence-corrected chi connectivity index (χ0v) is 8.70. The first kappa shape index (κ1) is 11.6. The molecule has 0 aliphatic rings. The van der Waals surface area contributed by atoms with Crippen molar-refractivity contribution < 1.29 is 13.9 Å². The quantitative estimate of drug-likeness (QED) is 0.809. The molecule has 0 aliphatic carbocycles. The number of halogens is 4. The first-order valence-electron chi connectivity index (χ1n) is 3.70. The summed E-state index contributed by atoms with van der Waals surface area (Å²) in [6, 6.07) is 1.27. The Bertz CT molecular complexity index is 334. The van der Waals surface area contributed by atoms with Crippen molar-refractivity contribution in [2.75, 3.05) is 6.61 Å². The minimum atomic E-state index is -3.39. The standard InChI is InChI=1S/C8H7Cl2F2NO/c1-4-2-5(9)13-7(10)6(4)8(11,12)3-14/h2,14H,3H2,1H3. The highest BCUT2D eigenvalue weighted by Crippen LogP contribution is 2.35. The van der Waals surface area contributed by atoms with Crippen molar-refractivity contribution in [3.63, 3.8) is 0 Å². The summed E-state index contributed by atoms with van der Waals surface area (Å²) in [4.78, 5) is 3.49. The summed E-state index contributed by atoms with van der Waals surface area (Å²) in [6.07, 6.45) is 0. The lowest BCUT2D eigenvalue weighted by molar-refractivity contribution is -0.0562. The second kappa shape index (κ2) is 3.96. The van der Waals surface area contributed by atoms with Gasteiger partial charge < -0.3 is 5.11 Å². The number of hydrogen-bond acceptors (Lipinski definition) is 2. The summed E-state index contributed by atoms with van der Waals surface area (Å²) in [7, 11) is 0. The Hall–Kier alpha value is -0.450. The molecular weight excluding hydrogens is 235 g/mol. The molecule has 0 aliphatic heterocycles. The van der Waals surface area contributed by atoms with Gasteiger partial charge in [0.2, 0.25) is 0 Å². The predicted molar refractivity (Wildman–Crippen MR) is 50.0 cm³/mol. The molecule has 0 aromatic carbocycles. The molecule has 14 heavy (non-hydrogen) atoms. The van der Waals surface area contributed by atoms with Crippen LogP contribution in [0.3, 0.4) is 0 Å². The average molecular weight is 242 g/mol. The molecule has 1 heterocycles. The van der Waals surface area contributed by atoms with Gasteiger partial charge in [0.05, 0.1) is 5.56 Å². The van der Waals surface area contributed by atoms with E-state index in [0.29, 0.717) is 0 Å². The van der Waals surface area contributed by atoms with E-state index in [1.54, 1.807) is 0 Å². The lowest BCUT2D eigenvalue weighted by atomic mass is 10.1. The van der Waals surface area contributed by atoms with Crippen LogP contribution in [0, 0.1) is 6.92 Å². The van der Waals surface area contributed by atoms with Crippen LogP contribution in [0.15, 0.2) is 6.07 Å². The molecule has 78 valence electrons. The molecule has 0 bridgehead atoms. The summed E-state index contributed by atoms with van der Waals surface area (Å²) in [5.74, 6) is -3.39. The monoisotopic (exact) mass is 241 g/mol. The number of aliphatic hydroxyl groups is 1. The molecule has 2 nitrogen and oxygen atoms in total. The van der Waals surface area contributed by atoms with Gasteiger partial charge in [-0.25, -0.2) is 4.98 Å². The van der Waals surface area contributed by atoms with Crippen LogP contribution in [0.2, 0.25) is 10.3 Å². The first-order chi connectivity index (χ1) is 6.38. The van der Waals surface area contributed by atoms with Gasteiger partial charge in [0.25, 0.3) is 5.92 Å². The van der Waals surface area contributed by atoms with E-state index in [2.05, 4.69) is 4.98 Å². The minimum Gasteiger partial charge on any atom is -0.390 e. The number of aryl methyl sites for hydroxylation is 1. The van der Waals surface area contributed by atoms with Crippen molar-refractivity contribution in [1.82, 2.24) is 4.98 Å². The number of rotatable bonds is 2. The van der Waals surface area contributed by atoms with Crippen LogP contribution in [-0.2, 0) is 5.92 Å². The number of aromatic nitrogens is 1. The highest BCUT2D eigenvalue weighted by atomic mass is 35.5. The molecule has 0 radical (unpaired) electrons. The maximum Gasteiger partial charge on any atom is 0.299 e. The molecule has 0 fully saturated rings. The van der Waals surface area contributed by atoms with E-state index in [1.807, 2.05) is 0 Å². The van der Waals surface area contributed by atoms with Gasteiger partial charge in [-0.1, -0.05) is 23.2 Å². The predicted octanol–water partition coefficient (Wildman–Crippen LogP) is 2.78. The van der Waals surface area contributed by atoms with Crippen LogP contribution in [0.5, 0.6) is 0 Å². The molecule has 0 amide bonds. The van der Waals surface area contributed by atoms with E-state index in [-0.39, 0.29) is 15.9 Å². The molecule has 0 saturated heterocycles. The summed E-state index contributed by atoms with van der Waals surface area (Å²) in [5, 5.41) is 8.16. The summed E-state index contributed by atoms with van der Waals surface area (Å²) in [5.41, 5.74) is -0.278. The molecule has 1 N–H and O–H groups in total. The van der Waals surface area contributed by atoms with E-state index in [0.717, 1.165) is 0 Å². The van der Waals surface area contributed by atoms with Crippen LogP contribution in [0.1, 0.15) is 11.1 Å². The van der Waals surface area contributed by atoms with Gasteiger partial charge in [-0.3, -0.25) is 0 Å². The van der Waals surface area contributed by atoms with Crippen molar-refractivity contribution in [3.05, 3.63) is 27.5 Å². The largest absolute Gasteiger partial charge is 0.390 e. The fourth-order valence-electron chi connectivity index (χ4n) is 1.11. The topological polar surface area (TPSA) is 33.1 Å². The molecular formula is C8H7Cl2F2NO. The second-order valence-electron chi connectivity index (χ2n) is 2.79. The number of nitrogens with zero attached hydrogens (tertiary/aromatic N) is 1. The van der Waals surface area contributed by atoms with Crippen molar-refractivity contribution in [3.8, 4) is 0 Å². The summed E-state index contributed by atoms with van der Waals surface area (Å²) >= 11 is 11.0. The number of pyridine rings is 1. The normalized spacial score (nSPS) is 11.9. The third kappa shape index (κ3) is 2.13. The van der Waals surface area contributed by atoms with Gasteiger partial charge in [-0.2, -0.15) is 8.78 Å². The maximum atomic E-state index is 13.1. The molecule has 0 atom stereocenters. The maximum absolute atomic E-state index is 13.1. The van der Waals surface area contributed by atoms with E-state index in [9.17, 15) is 8.78 Å². The number of hydrogen-bond donors (Lipinski definition) is 1. The molecule has 0 saturated carbocycles. The van der Waals surface area contributed by atoms with E-state index in [4.69, 9.17) is 28.3 Å². The third-order valence-corrected chi connectivity index (χ3v) is 2.17. The molecule has 6 heteroatoms. The highest BCUT2D eigenvalue weighted by Gasteiger charge is 2.35. The van der Waals surface area contributed by atoms with Crippen molar-refractivity contribution in [2.45, 2.75) is 12.8 Å². The highest BCUT2D eigenvalue weighted by molar-refractivity contribution is 6.33. The van der Waals surface area contributed by atoms with Gasteiger partial charge in [0, 0.05) is 0 Å². The summed E-state index contributed by atoms with van der Waals surface area (Å²) in [6.45, 7) is 0.120. The second-order valence-corrected chi connectivity index (χ2v) is 3.54. The van der Waals surface area contributed by atoms with Gasteiger partial charge in [-0.15, -0.1) is 0 Å². The van der Waals surface area contributed by atoms with Gasteiger partial charge in [-0.05, 0) is 18.6 Å². The first-order valence-corrected chi connectivity index (χ1v) is 4.46. The lowest BCUT2D eigenvalue weighted by Gasteiger charge is -2.17. The Morgan fingerprint density at radius 2 is 2.07 bits per heavy atom. The van der Waals surface area contributed by atoms with Gasteiger partial charge >= 0.3 is 0 Å². The fourth-order valence-corrected chi connectivity index (χ4v) is 1.78. The fraction of sp³-hybridized carbons (Fsp3) is 0.375.